The molecule has 0 bridgehead atoms. The monoisotopic (exact) mass is 250 g/mol. The molecule has 1 heterocycles. The first-order valence-electron chi connectivity index (χ1n) is 6.22. The maximum absolute atomic E-state index is 13.0. The van der Waals surface area contributed by atoms with Gasteiger partial charge in [0.1, 0.15) is 17.2 Å². The Hall–Kier alpha value is -1.35. The number of furan rings is 1. The molecule has 3 heteroatoms. The average Bonchev–Trinajstić information content (AvgIpc) is 2.66. The van der Waals surface area contributed by atoms with Crippen LogP contribution < -0.4 is 0 Å². The molecule has 1 atom stereocenters. The fourth-order valence-corrected chi connectivity index (χ4v) is 1.90. The van der Waals surface area contributed by atoms with Crippen LogP contribution in [0, 0.1) is 11.2 Å². The Morgan fingerprint density at radius 1 is 1.28 bits per heavy atom. The predicted octanol–water partition coefficient (Wildman–Crippen LogP) is 3.91. The third kappa shape index (κ3) is 2.91. The zero-order chi connectivity index (χ0) is 13.3. The maximum Gasteiger partial charge on any atom is 0.134 e. The van der Waals surface area contributed by atoms with Gasteiger partial charge in [-0.3, -0.25) is 0 Å². The molecule has 1 aromatic heterocycles. The average molecular weight is 250 g/mol. The second-order valence-electron chi connectivity index (χ2n) is 5.82. The molecule has 0 spiro atoms. The fraction of sp³-hybridized carbons (Fsp3) is 0.467. The Balaban J connectivity index is 2.09. The second-order valence-corrected chi connectivity index (χ2v) is 5.82. The standard InChI is InChI=1S/C15H19FO2/c1-15(2,3)14(17)7-5-12-9-10-8-11(16)4-6-13(10)18-12/h4,6,8-9,14,17H,5,7H2,1-3H3. The Morgan fingerprint density at radius 3 is 2.67 bits per heavy atom. The van der Waals surface area contributed by atoms with Crippen LogP contribution >= 0.6 is 0 Å². The van der Waals surface area contributed by atoms with Crippen LogP contribution in [0.3, 0.4) is 0 Å². The summed E-state index contributed by atoms with van der Waals surface area (Å²) in [5, 5.41) is 10.7. The van der Waals surface area contributed by atoms with E-state index >= 15 is 0 Å². The molecule has 98 valence electrons. The molecule has 1 aromatic carbocycles. The van der Waals surface area contributed by atoms with Gasteiger partial charge in [0.2, 0.25) is 0 Å². The largest absolute Gasteiger partial charge is 0.461 e. The number of benzene rings is 1. The number of aliphatic hydroxyl groups excluding tert-OH is 1. The van der Waals surface area contributed by atoms with E-state index in [9.17, 15) is 9.50 Å². The van der Waals surface area contributed by atoms with E-state index in [1.165, 1.54) is 12.1 Å². The first-order chi connectivity index (χ1) is 8.36. The van der Waals surface area contributed by atoms with Crippen LogP contribution in [0.1, 0.15) is 33.0 Å². The summed E-state index contributed by atoms with van der Waals surface area (Å²) in [7, 11) is 0. The summed E-state index contributed by atoms with van der Waals surface area (Å²) < 4.78 is 18.6. The van der Waals surface area contributed by atoms with Crippen molar-refractivity contribution in [1.29, 1.82) is 0 Å². The van der Waals surface area contributed by atoms with Gasteiger partial charge in [0.05, 0.1) is 6.10 Å². The van der Waals surface area contributed by atoms with Crippen LogP contribution in [0.25, 0.3) is 11.0 Å². The highest BCUT2D eigenvalue weighted by Crippen LogP contribution is 2.25. The quantitative estimate of drug-likeness (QED) is 0.896. The minimum atomic E-state index is -0.373. The number of fused-ring (bicyclic) bond motifs is 1. The smallest absolute Gasteiger partial charge is 0.134 e. The third-order valence-electron chi connectivity index (χ3n) is 3.19. The molecule has 2 aromatic rings. The molecular weight excluding hydrogens is 231 g/mol. The van der Waals surface area contributed by atoms with Gasteiger partial charge in [-0.1, -0.05) is 20.8 Å². The molecule has 0 aliphatic heterocycles. The second kappa shape index (κ2) is 4.73. The number of hydrogen-bond donors (Lipinski definition) is 1. The maximum atomic E-state index is 13.0. The number of hydrogen-bond acceptors (Lipinski definition) is 2. The highest BCUT2D eigenvalue weighted by atomic mass is 19.1. The van der Waals surface area contributed by atoms with E-state index in [2.05, 4.69) is 0 Å². The van der Waals surface area contributed by atoms with E-state index in [1.807, 2.05) is 26.8 Å². The summed E-state index contributed by atoms with van der Waals surface area (Å²) in [5.74, 6) is 0.531. The van der Waals surface area contributed by atoms with Crippen molar-refractivity contribution in [3.63, 3.8) is 0 Å². The van der Waals surface area contributed by atoms with Gasteiger partial charge in [0.15, 0.2) is 0 Å². The number of aryl methyl sites for hydroxylation is 1. The molecule has 0 saturated heterocycles. The predicted molar refractivity (Wildman–Crippen MR) is 70.0 cm³/mol. The fourth-order valence-electron chi connectivity index (χ4n) is 1.90. The van der Waals surface area contributed by atoms with E-state index in [0.717, 1.165) is 11.1 Å². The summed E-state index contributed by atoms with van der Waals surface area (Å²) in [6.07, 6.45) is 0.933. The zero-order valence-corrected chi connectivity index (χ0v) is 11.0. The molecule has 0 amide bonds. The minimum absolute atomic E-state index is 0.127. The SMILES string of the molecule is CC(C)(C)C(O)CCc1cc2cc(F)ccc2o1. The Morgan fingerprint density at radius 2 is 2.00 bits per heavy atom. The lowest BCUT2D eigenvalue weighted by atomic mass is 9.86. The van der Waals surface area contributed by atoms with E-state index in [1.54, 1.807) is 6.07 Å². The van der Waals surface area contributed by atoms with Crippen LogP contribution in [-0.2, 0) is 6.42 Å². The number of aliphatic hydroxyl groups is 1. The van der Waals surface area contributed by atoms with Crippen LogP contribution in [0.5, 0.6) is 0 Å². The molecule has 2 nitrogen and oxygen atoms in total. The summed E-state index contributed by atoms with van der Waals surface area (Å²) in [6.45, 7) is 6.02. The van der Waals surface area contributed by atoms with E-state index in [-0.39, 0.29) is 17.3 Å². The normalized spacial score (nSPS) is 14.1. The van der Waals surface area contributed by atoms with Crippen molar-refractivity contribution >= 4 is 11.0 Å². The molecule has 1 N–H and O–H groups in total. The molecule has 2 rings (SSSR count). The zero-order valence-electron chi connectivity index (χ0n) is 11.0. The number of rotatable bonds is 3. The Labute approximate surface area is 106 Å². The van der Waals surface area contributed by atoms with E-state index < -0.39 is 0 Å². The summed E-state index contributed by atoms with van der Waals surface area (Å²) in [5.41, 5.74) is 0.564. The first-order valence-corrected chi connectivity index (χ1v) is 6.22. The highest BCUT2D eigenvalue weighted by molar-refractivity contribution is 5.77. The van der Waals surface area contributed by atoms with Gasteiger partial charge < -0.3 is 9.52 Å². The molecule has 0 radical (unpaired) electrons. The lowest BCUT2D eigenvalue weighted by Crippen LogP contribution is -2.26. The third-order valence-corrected chi connectivity index (χ3v) is 3.19. The topological polar surface area (TPSA) is 33.4 Å². The van der Waals surface area contributed by atoms with Crippen molar-refractivity contribution in [1.82, 2.24) is 0 Å². The van der Waals surface area contributed by atoms with Crippen molar-refractivity contribution in [3.05, 3.63) is 35.8 Å². The van der Waals surface area contributed by atoms with Crippen molar-refractivity contribution in [2.75, 3.05) is 0 Å². The van der Waals surface area contributed by atoms with Gasteiger partial charge in [0.25, 0.3) is 0 Å². The van der Waals surface area contributed by atoms with E-state index in [0.29, 0.717) is 18.4 Å². The van der Waals surface area contributed by atoms with Crippen LogP contribution in [0.2, 0.25) is 0 Å². The lowest BCUT2D eigenvalue weighted by Gasteiger charge is -2.25. The Bertz CT molecular complexity index is 537. The van der Waals surface area contributed by atoms with Gasteiger partial charge in [-0.2, -0.15) is 0 Å². The van der Waals surface area contributed by atoms with Crippen molar-refractivity contribution in [2.45, 2.75) is 39.7 Å². The van der Waals surface area contributed by atoms with Gasteiger partial charge in [-0.15, -0.1) is 0 Å². The van der Waals surface area contributed by atoms with Gasteiger partial charge in [0, 0.05) is 11.8 Å². The molecule has 0 aliphatic rings. The first kappa shape index (κ1) is 13.1. The molecule has 1 unspecified atom stereocenters. The Kier molecular flexibility index (Phi) is 3.44. The highest BCUT2D eigenvalue weighted by Gasteiger charge is 2.22. The van der Waals surface area contributed by atoms with Crippen LogP contribution in [-0.4, -0.2) is 11.2 Å². The van der Waals surface area contributed by atoms with Crippen molar-refractivity contribution in [2.24, 2.45) is 5.41 Å². The van der Waals surface area contributed by atoms with Crippen molar-refractivity contribution in [3.8, 4) is 0 Å². The summed E-state index contributed by atoms with van der Waals surface area (Å²) in [4.78, 5) is 0. The summed E-state index contributed by atoms with van der Waals surface area (Å²) in [6, 6.07) is 6.32. The molecule has 0 fully saturated rings. The van der Waals surface area contributed by atoms with Gasteiger partial charge in [-0.25, -0.2) is 4.39 Å². The molecular formula is C15H19FO2. The van der Waals surface area contributed by atoms with Gasteiger partial charge >= 0.3 is 0 Å². The van der Waals surface area contributed by atoms with Gasteiger partial charge in [-0.05, 0) is 36.1 Å². The van der Waals surface area contributed by atoms with Crippen molar-refractivity contribution < 1.29 is 13.9 Å². The number of halogens is 1. The van der Waals surface area contributed by atoms with Crippen LogP contribution in [0.4, 0.5) is 4.39 Å². The molecule has 0 aliphatic carbocycles. The molecule has 0 saturated carbocycles. The minimum Gasteiger partial charge on any atom is -0.461 e. The van der Waals surface area contributed by atoms with E-state index in [4.69, 9.17) is 4.42 Å². The molecule has 18 heavy (non-hydrogen) atoms. The summed E-state index contributed by atoms with van der Waals surface area (Å²) >= 11 is 0. The van der Waals surface area contributed by atoms with Crippen LogP contribution in [0.15, 0.2) is 28.7 Å². The lowest BCUT2D eigenvalue weighted by molar-refractivity contribution is 0.0549.